The zero-order valence-corrected chi connectivity index (χ0v) is 16.3. The number of anilines is 1. The van der Waals surface area contributed by atoms with Crippen LogP contribution in [0.15, 0.2) is 59.6 Å². The molecule has 28 heavy (non-hydrogen) atoms. The van der Waals surface area contributed by atoms with E-state index in [1.54, 1.807) is 19.9 Å². The number of benzene rings is 2. The van der Waals surface area contributed by atoms with Gasteiger partial charge < -0.3 is 5.32 Å². The monoisotopic (exact) mass is 401 g/mol. The molecule has 0 aliphatic rings. The van der Waals surface area contributed by atoms with Crippen molar-refractivity contribution in [2.24, 2.45) is 0 Å². The van der Waals surface area contributed by atoms with Gasteiger partial charge in [-0.2, -0.15) is 4.31 Å². The van der Waals surface area contributed by atoms with Gasteiger partial charge in [0.25, 0.3) is 5.91 Å². The van der Waals surface area contributed by atoms with Crippen LogP contribution in [0.1, 0.15) is 24.2 Å². The van der Waals surface area contributed by atoms with Crippen LogP contribution in [-0.4, -0.2) is 36.7 Å². The molecule has 3 aromatic rings. The van der Waals surface area contributed by atoms with E-state index in [9.17, 15) is 17.6 Å². The van der Waals surface area contributed by atoms with E-state index in [4.69, 9.17) is 0 Å². The standard InChI is InChI=1S/C20H20FN3O3S/c1-3-24(4-2)28(26,27)16-9-10-18(21)17(12-16)20(25)23-15-11-14-7-5-6-8-19(14)22-13-15/h5-13H,3-4H2,1-2H3,(H,23,25). The molecule has 0 aliphatic carbocycles. The first-order valence-electron chi connectivity index (χ1n) is 8.82. The smallest absolute Gasteiger partial charge is 0.258 e. The molecule has 1 heterocycles. The Hall–Kier alpha value is -2.84. The van der Waals surface area contributed by atoms with Crippen LogP contribution in [0.25, 0.3) is 10.9 Å². The van der Waals surface area contributed by atoms with Crippen molar-refractivity contribution in [1.82, 2.24) is 9.29 Å². The van der Waals surface area contributed by atoms with Crippen molar-refractivity contribution in [3.8, 4) is 0 Å². The summed E-state index contributed by atoms with van der Waals surface area (Å²) in [6.07, 6.45) is 1.47. The topological polar surface area (TPSA) is 79.4 Å². The van der Waals surface area contributed by atoms with Crippen molar-refractivity contribution in [3.63, 3.8) is 0 Å². The molecule has 1 aromatic heterocycles. The minimum absolute atomic E-state index is 0.126. The number of carbonyl (C=O) groups excluding carboxylic acids is 1. The Labute approximate surface area is 163 Å². The summed E-state index contributed by atoms with van der Waals surface area (Å²) >= 11 is 0. The first kappa shape index (κ1) is 19.9. The number of aromatic nitrogens is 1. The molecule has 1 N–H and O–H groups in total. The van der Waals surface area contributed by atoms with Crippen LogP contribution < -0.4 is 5.32 Å². The number of hydrogen-bond donors (Lipinski definition) is 1. The molecule has 3 rings (SSSR count). The summed E-state index contributed by atoms with van der Waals surface area (Å²) in [6.45, 7) is 3.98. The molecule has 0 unspecified atom stereocenters. The summed E-state index contributed by atoms with van der Waals surface area (Å²) in [5.74, 6) is -1.55. The highest BCUT2D eigenvalue weighted by Crippen LogP contribution is 2.21. The lowest BCUT2D eigenvalue weighted by atomic mass is 10.2. The number of halogens is 1. The van der Waals surface area contributed by atoms with Gasteiger partial charge in [-0.1, -0.05) is 32.0 Å². The van der Waals surface area contributed by atoms with E-state index in [2.05, 4.69) is 10.3 Å². The maximum absolute atomic E-state index is 14.2. The Morgan fingerprint density at radius 2 is 1.82 bits per heavy atom. The van der Waals surface area contributed by atoms with Crippen molar-refractivity contribution >= 4 is 32.5 Å². The summed E-state index contributed by atoms with van der Waals surface area (Å²) in [4.78, 5) is 16.7. The largest absolute Gasteiger partial charge is 0.320 e. The van der Waals surface area contributed by atoms with E-state index in [0.29, 0.717) is 5.69 Å². The van der Waals surface area contributed by atoms with Crippen LogP contribution in [-0.2, 0) is 10.0 Å². The molecular formula is C20H20FN3O3S. The van der Waals surface area contributed by atoms with E-state index < -0.39 is 21.7 Å². The Morgan fingerprint density at radius 1 is 1.11 bits per heavy atom. The number of hydrogen-bond acceptors (Lipinski definition) is 4. The average molecular weight is 401 g/mol. The van der Waals surface area contributed by atoms with Gasteiger partial charge in [0.05, 0.1) is 27.9 Å². The molecule has 8 heteroatoms. The van der Waals surface area contributed by atoms with E-state index >= 15 is 0 Å². The fourth-order valence-corrected chi connectivity index (χ4v) is 4.37. The van der Waals surface area contributed by atoms with Gasteiger partial charge >= 0.3 is 0 Å². The second-order valence-electron chi connectivity index (χ2n) is 6.10. The Balaban J connectivity index is 1.92. The quantitative estimate of drug-likeness (QED) is 0.684. The van der Waals surface area contributed by atoms with Crippen LogP contribution in [0.4, 0.5) is 10.1 Å². The molecule has 146 valence electrons. The number of sulfonamides is 1. The van der Waals surface area contributed by atoms with Gasteiger partial charge in [-0.05, 0) is 30.3 Å². The van der Waals surface area contributed by atoms with Gasteiger partial charge in [-0.15, -0.1) is 0 Å². The average Bonchev–Trinajstić information content (AvgIpc) is 2.68. The lowest BCUT2D eigenvalue weighted by Crippen LogP contribution is -2.31. The van der Waals surface area contributed by atoms with Crippen molar-refractivity contribution in [2.45, 2.75) is 18.7 Å². The van der Waals surface area contributed by atoms with E-state index in [0.717, 1.165) is 29.1 Å². The maximum Gasteiger partial charge on any atom is 0.258 e. The number of nitrogens with zero attached hydrogens (tertiary/aromatic N) is 2. The number of rotatable bonds is 6. The predicted octanol–water partition coefficient (Wildman–Crippen LogP) is 3.66. The maximum atomic E-state index is 14.2. The molecule has 0 spiro atoms. The number of pyridine rings is 1. The lowest BCUT2D eigenvalue weighted by molar-refractivity contribution is 0.102. The molecule has 0 atom stereocenters. The summed E-state index contributed by atoms with van der Waals surface area (Å²) < 4.78 is 40.8. The summed E-state index contributed by atoms with van der Waals surface area (Å²) in [6, 6.07) is 12.3. The minimum Gasteiger partial charge on any atom is -0.320 e. The zero-order chi connectivity index (χ0) is 20.3. The van der Waals surface area contributed by atoms with Gasteiger partial charge in [0.1, 0.15) is 5.82 Å². The fraction of sp³-hybridized carbons (Fsp3) is 0.200. The predicted molar refractivity (Wildman–Crippen MR) is 106 cm³/mol. The third-order valence-corrected chi connectivity index (χ3v) is 6.42. The highest BCUT2D eigenvalue weighted by atomic mass is 32.2. The van der Waals surface area contributed by atoms with Crippen LogP contribution in [0, 0.1) is 5.82 Å². The second kappa shape index (κ2) is 8.04. The molecule has 0 saturated heterocycles. The van der Waals surface area contributed by atoms with Crippen molar-refractivity contribution in [1.29, 1.82) is 0 Å². The van der Waals surface area contributed by atoms with E-state index in [-0.39, 0.29) is 23.5 Å². The number of para-hydroxylation sites is 1. The first-order valence-corrected chi connectivity index (χ1v) is 10.3. The summed E-state index contributed by atoms with van der Waals surface area (Å²) in [5.41, 5.74) is 0.806. The van der Waals surface area contributed by atoms with Crippen LogP contribution in [0.5, 0.6) is 0 Å². The molecule has 0 fully saturated rings. The van der Waals surface area contributed by atoms with Gasteiger partial charge in [0, 0.05) is 18.5 Å². The Kier molecular flexibility index (Phi) is 5.71. The van der Waals surface area contributed by atoms with Gasteiger partial charge in [-0.3, -0.25) is 9.78 Å². The van der Waals surface area contributed by atoms with Gasteiger partial charge in [-0.25, -0.2) is 12.8 Å². The minimum atomic E-state index is -3.80. The van der Waals surface area contributed by atoms with Crippen LogP contribution in [0.3, 0.4) is 0 Å². The van der Waals surface area contributed by atoms with Crippen LogP contribution >= 0.6 is 0 Å². The first-order chi connectivity index (χ1) is 13.4. The molecule has 0 saturated carbocycles. The molecule has 0 bridgehead atoms. The normalized spacial score (nSPS) is 11.7. The highest BCUT2D eigenvalue weighted by Gasteiger charge is 2.24. The zero-order valence-electron chi connectivity index (χ0n) is 15.5. The third kappa shape index (κ3) is 3.88. The second-order valence-corrected chi connectivity index (χ2v) is 8.04. The van der Waals surface area contributed by atoms with Crippen LogP contribution in [0.2, 0.25) is 0 Å². The number of amides is 1. The van der Waals surface area contributed by atoms with Gasteiger partial charge in [0.2, 0.25) is 10.0 Å². The summed E-state index contributed by atoms with van der Waals surface area (Å²) in [7, 11) is -3.80. The van der Waals surface area contributed by atoms with Gasteiger partial charge in [0.15, 0.2) is 0 Å². The molecule has 2 aromatic carbocycles. The number of fused-ring (bicyclic) bond motifs is 1. The molecular weight excluding hydrogens is 381 g/mol. The van der Waals surface area contributed by atoms with Crippen molar-refractivity contribution in [2.75, 3.05) is 18.4 Å². The lowest BCUT2D eigenvalue weighted by Gasteiger charge is -2.19. The number of carbonyl (C=O) groups is 1. The molecule has 1 amide bonds. The Bertz CT molecular complexity index is 1130. The third-order valence-electron chi connectivity index (χ3n) is 4.37. The fourth-order valence-electron chi connectivity index (χ4n) is 2.89. The summed E-state index contributed by atoms with van der Waals surface area (Å²) in [5, 5.41) is 3.40. The van der Waals surface area contributed by atoms with Crippen molar-refractivity contribution < 1.29 is 17.6 Å². The molecule has 0 radical (unpaired) electrons. The SMILES string of the molecule is CCN(CC)S(=O)(=O)c1ccc(F)c(C(=O)Nc2cnc3ccccc3c2)c1. The molecule has 6 nitrogen and oxygen atoms in total. The number of nitrogens with one attached hydrogen (secondary N) is 1. The van der Waals surface area contributed by atoms with E-state index in [1.807, 2.05) is 24.3 Å². The van der Waals surface area contributed by atoms with E-state index in [1.165, 1.54) is 10.5 Å². The molecule has 0 aliphatic heterocycles. The highest BCUT2D eigenvalue weighted by molar-refractivity contribution is 7.89. The van der Waals surface area contributed by atoms with Crippen molar-refractivity contribution in [3.05, 3.63) is 66.1 Å². The Morgan fingerprint density at radius 3 is 2.54 bits per heavy atom.